The van der Waals surface area contributed by atoms with Crippen LogP contribution in [0.3, 0.4) is 0 Å². The molecule has 9 nitrogen and oxygen atoms in total. The van der Waals surface area contributed by atoms with Crippen molar-refractivity contribution in [3.05, 3.63) is 50.0 Å². The van der Waals surface area contributed by atoms with E-state index in [9.17, 15) is 14.4 Å². The normalized spacial score (nSPS) is 12.9. The minimum atomic E-state index is -0.549. The van der Waals surface area contributed by atoms with Gasteiger partial charge in [0.15, 0.2) is 5.13 Å². The fourth-order valence-electron chi connectivity index (χ4n) is 3.73. The SMILES string of the molecule is NC(=O)c1cc(-c2csc(NC(=O)CCc3nc4sc5c(c4c(=O)[nH]3)CCC5)n2)c[nH]1. The van der Waals surface area contributed by atoms with E-state index in [0.717, 1.165) is 29.7 Å². The summed E-state index contributed by atoms with van der Waals surface area (Å²) in [4.78, 5) is 52.6. The lowest BCUT2D eigenvalue weighted by molar-refractivity contribution is -0.116. The Bertz CT molecular complexity index is 1380. The number of aromatic nitrogens is 4. The molecule has 2 amide bonds. The third-order valence-electron chi connectivity index (χ3n) is 5.21. The molecule has 1 aliphatic carbocycles. The molecule has 0 fully saturated rings. The number of amides is 2. The van der Waals surface area contributed by atoms with Crippen molar-refractivity contribution in [2.75, 3.05) is 5.32 Å². The number of H-pyrrole nitrogens is 2. The Balaban J connectivity index is 1.24. The number of rotatable bonds is 6. The molecule has 1 aliphatic rings. The fourth-order valence-corrected chi connectivity index (χ4v) is 5.74. The zero-order valence-electron chi connectivity index (χ0n) is 16.3. The van der Waals surface area contributed by atoms with Gasteiger partial charge in [-0.25, -0.2) is 9.97 Å². The van der Waals surface area contributed by atoms with Crippen molar-refractivity contribution in [1.82, 2.24) is 19.9 Å². The number of carbonyl (C=O) groups is 2. The first kappa shape index (κ1) is 19.6. The monoisotopic (exact) mass is 454 g/mol. The van der Waals surface area contributed by atoms with E-state index in [-0.39, 0.29) is 17.9 Å². The molecule has 4 heterocycles. The van der Waals surface area contributed by atoms with Gasteiger partial charge in [-0.1, -0.05) is 0 Å². The predicted octanol–water partition coefficient (Wildman–Crippen LogP) is 2.60. The average Bonchev–Trinajstić information content (AvgIpc) is 3.48. The Hall–Kier alpha value is -3.31. The second kappa shape index (κ2) is 7.75. The van der Waals surface area contributed by atoms with Crippen molar-refractivity contribution in [2.24, 2.45) is 5.73 Å². The van der Waals surface area contributed by atoms with E-state index in [4.69, 9.17) is 5.73 Å². The Kier molecular flexibility index (Phi) is 4.91. The molecule has 31 heavy (non-hydrogen) atoms. The Labute approximate surface area is 183 Å². The first-order chi connectivity index (χ1) is 15.0. The highest BCUT2D eigenvalue weighted by Gasteiger charge is 2.21. The highest BCUT2D eigenvalue weighted by Crippen LogP contribution is 2.34. The van der Waals surface area contributed by atoms with Gasteiger partial charge in [0.1, 0.15) is 16.3 Å². The summed E-state index contributed by atoms with van der Waals surface area (Å²) in [6.45, 7) is 0. The largest absolute Gasteiger partial charge is 0.364 e. The van der Waals surface area contributed by atoms with Crippen LogP contribution in [0.4, 0.5) is 5.13 Å². The van der Waals surface area contributed by atoms with Crippen LogP contribution in [0.5, 0.6) is 0 Å². The Morgan fingerprint density at radius 3 is 2.94 bits per heavy atom. The molecule has 0 aliphatic heterocycles. The van der Waals surface area contributed by atoms with Gasteiger partial charge >= 0.3 is 0 Å². The highest BCUT2D eigenvalue weighted by atomic mass is 32.1. The summed E-state index contributed by atoms with van der Waals surface area (Å²) >= 11 is 2.87. The van der Waals surface area contributed by atoms with Gasteiger partial charge in [-0.05, 0) is 30.9 Å². The van der Waals surface area contributed by atoms with Crippen LogP contribution in [0, 0.1) is 0 Å². The van der Waals surface area contributed by atoms with Crippen molar-refractivity contribution < 1.29 is 9.59 Å². The maximum absolute atomic E-state index is 12.5. The number of hydrogen-bond acceptors (Lipinski definition) is 7. The number of aromatic amines is 2. The number of hydrogen-bond donors (Lipinski definition) is 4. The van der Waals surface area contributed by atoms with E-state index in [1.54, 1.807) is 29.0 Å². The summed E-state index contributed by atoms with van der Waals surface area (Å²) in [5.74, 6) is -0.255. The molecule has 0 spiro atoms. The minimum absolute atomic E-state index is 0.119. The molecular formula is C20H18N6O3S2. The number of thiophene rings is 1. The summed E-state index contributed by atoms with van der Waals surface area (Å²) in [5, 5.41) is 5.71. The molecule has 5 rings (SSSR count). The van der Waals surface area contributed by atoms with Crippen LogP contribution in [0.1, 0.15) is 39.6 Å². The summed E-state index contributed by atoms with van der Waals surface area (Å²) in [6.07, 6.45) is 5.18. The number of anilines is 1. The van der Waals surface area contributed by atoms with Crippen LogP contribution in [0.25, 0.3) is 21.5 Å². The third-order valence-corrected chi connectivity index (χ3v) is 7.15. The van der Waals surface area contributed by atoms with Crippen molar-refractivity contribution in [3.63, 3.8) is 0 Å². The summed E-state index contributed by atoms with van der Waals surface area (Å²) in [6, 6.07) is 1.61. The van der Waals surface area contributed by atoms with Gasteiger partial charge in [0, 0.05) is 34.9 Å². The van der Waals surface area contributed by atoms with Gasteiger partial charge in [-0.2, -0.15) is 0 Å². The third kappa shape index (κ3) is 3.77. The lowest BCUT2D eigenvalue weighted by Gasteiger charge is -2.02. The quantitative estimate of drug-likeness (QED) is 0.354. The van der Waals surface area contributed by atoms with Crippen molar-refractivity contribution in [3.8, 4) is 11.3 Å². The van der Waals surface area contributed by atoms with Crippen molar-refractivity contribution >= 4 is 49.8 Å². The molecule has 4 aromatic rings. The van der Waals surface area contributed by atoms with Gasteiger partial charge in [0.05, 0.1) is 11.1 Å². The summed E-state index contributed by atoms with van der Waals surface area (Å²) in [5.41, 5.74) is 7.90. The predicted molar refractivity (Wildman–Crippen MR) is 120 cm³/mol. The number of thiazole rings is 1. The van der Waals surface area contributed by atoms with Gasteiger partial charge in [0.2, 0.25) is 5.91 Å². The smallest absolute Gasteiger partial charge is 0.265 e. The maximum atomic E-state index is 12.5. The number of nitrogens with one attached hydrogen (secondary N) is 3. The van der Waals surface area contributed by atoms with E-state index in [1.807, 2.05) is 0 Å². The van der Waals surface area contributed by atoms with Gasteiger partial charge in [-0.15, -0.1) is 22.7 Å². The molecule has 0 saturated heterocycles. The van der Waals surface area contributed by atoms with Crippen molar-refractivity contribution in [2.45, 2.75) is 32.1 Å². The number of fused-ring (bicyclic) bond motifs is 3. The zero-order chi connectivity index (χ0) is 21.5. The first-order valence-electron chi connectivity index (χ1n) is 9.75. The zero-order valence-corrected chi connectivity index (χ0v) is 17.9. The number of primary amides is 1. The molecule has 0 bridgehead atoms. The summed E-state index contributed by atoms with van der Waals surface area (Å²) in [7, 11) is 0. The number of nitrogens with zero attached hydrogens (tertiary/aromatic N) is 2. The maximum Gasteiger partial charge on any atom is 0.265 e. The van der Waals surface area contributed by atoms with Crippen LogP contribution in [-0.2, 0) is 24.1 Å². The van der Waals surface area contributed by atoms with Crippen LogP contribution in [0.15, 0.2) is 22.4 Å². The van der Waals surface area contributed by atoms with E-state index in [1.165, 1.54) is 16.2 Å². The van der Waals surface area contributed by atoms with E-state index >= 15 is 0 Å². The molecule has 158 valence electrons. The Morgan fingerprint density at radius 1 is 1.26 bits per heavy atom. The number of nitrogens with two attached hydrogens (primary N) is 1. The number of aryl methyl sites for hydroxylation is 3. The van der Waals surface area contributed by atoms with Crippen LogP contribution in [0.2, 0.25) is 0 Å². The first-order valence-corrected chi connectivity index (χ1v) is 11.4. The second-order valence-electron chi connectivity index (χ2n) is 7.30. The van der Waals surface area contributed by atoms with Gasteiger partial charge in [-0.3, -0.25) is 14.4 Å². The fraction of sp³-hybridized carbons (Fsp3) is 0.250. The van der Waals surface area contributed by atoms with Crippen LogP contribution in [-0.4, -0.2) is 31.8 Å². The van der Waals surface area contributed by atoms with Crippen molar-refractivity contribution in [1.29, 1.82) is 0 Å². The van der Waals surface area contributed by atoms with Crippen LogP contribution < -0.4 is 16.6 Å². The average molecular weight is 455 g/mol. The molecule has 0 saturated carbocycles. The second-order valence-corrected chi connectivity index (χ2v) is 9.24. The topological polar surface area (TPSA) is 147 Å². The molecule has 0 unspecified atom stereocenters. The summed E-state index contributed by atoms with van der Waals surface area (Å²) < 4.78 is 0. The molecule has 5 N–H and O–H groups in total. The van der Waals surface area contributed by atoms with E-state index in [0.29, 0.717) is 39.7 Å². The molecule has 0 radical (unpaired) electrons. The molecule has 0 aromatic carbocycles. The van der Waals surface area contributed by atoms with Crippen LogP contribution >= 0.6 is 22.7 Å². The number of carbonyl (C=O) groups excluding carboxylic acids is 2. The Morgan fingerprint density at radius 2 is 2.13 bits per heavy atom. The minimum Gasteiger partial charge on any atom is -0.364 e. The van der Waals surface area contributed by atoms with E-state index in [2.05, 4.69) is 25.3 Å². The molecule has 0 atom stereocenters. The molecule has 4 aromatic heterocycles. The van der Waals surface area contributed by atoms with Gasteiger partial charge < -0.3 is 21.0 Å². The molecular weight excluding hydrogens is 436 g/mol. The highest BCUT2D eigenvalue weighted by molar-refractivity contribution is 7.18. The van der Waals surface area contributed by atoms with E-state index < -0.39 is 5.91 Å². The lowest BCUT2D eigenvalue weighted by Crippen LogP contribution is -2.16. The molecule has 11 heteroatoms. The lowest BCUT2D eigenvalue weighted by atomic mass is 10.2. The standard InChI is InChI=1S/C20H18N6O3S2/c21-17(28)11-6-9(7-22-11)12-8-30-20(23-12)26-15(27)5-4-14-24-18(29)16-10-2-1-3-13(10)31-19(16)25-14/h6-8,22H,1-5H2,(H2,21,28)(H,23,26,27)(H,24,25,29). The van der Waals surface area contributed by atoms with Gasteiger partial charge in [0.25, 0.3) is 11.5 Å².